The van der Waals surface area contributed by atoms with Crippen molar-refractivity contribution in [2.75, 3.05) is 18.4 Å². The number of nitrogens with one attached hydrogen (secondary N) is 1. The summed E-state index contributed by atoms with van der Waals surface area (Å²) in [5, 5.41) is 3.49. The lowest BCUT2D eigenvalue weighted by molar-refractivity contribution is 0.188. The van der Waals surface area contributed by atoms with Gasteiger partial charge in [-0.2, -0.15) is 0 Å². The standard InChI is InChI=1S/C12H18N4/c1-2-11-8-10(3-7-16(11)6-1)15-12-9-13-4-5-14-12/h4-5,9-11H,1-3,6-8H2,(H,14,15). The van der Waals surface area contributed by atoms with E-state index in [1.807, 2.05) is 0 Å². The molecule has 0 amide bonds. The molecular formula is C12H18N4. The lowest BCUT2D eigenvalue weighted by Crippen LogP contribution is -2.42. The summed E-state index contributed by atoms with van der Waals surface area (Å²) in [5.74, 6) is 0.916. The first-order valence-electron chi connectivity index (χ1n) is 6.18. The van der Waals surface area contributed by atoms with Crippen LogP contribution in [0.25, 0.3) is 0 Å². The van der Waals surface area contributed by atoms with Crippen LogP contribution in [0, 0.1) is 0 Å². The largest absolute Gasteiger partial charge is 0.366 e. The Labute approximate surface area is 96.1 Å². The first-order chi connectivity index (χ1) is 7.92. The van der Waals surface area contributed by atoms with E-state index in [2.05, 4.69) is 20.2 Å². The van der Waals surface area contributed by atoms with Crippen LogP contribution in [0.2, 0.25) is 0 Å². The lowest BCUT2D eigenvalue weighted by Gasteiger charge is -2.35. The molecule has 0 saturated carbocycles. The average molecular weight is 218 g/mol. The molecule has 1 N–H and O–H groups in total. The number of anilines is 1. The first-order valence-corrected chi connectivity index (χ1v) is 6.18. The monoisotopic (exact) mass is 218 g/mol. The van der Waals surface area contributed by atoms with Crippen molar-refractivity contribution < 1.29 is 0 Å². The van der Waals surface area contributed by atoms with E-state index in [0.29, 0.717) is 6.04 Å². The molecule has 86 valence electrons. The summed E-state index contributed by atoms with van der Waals surface area (Å²) < 4.78 is 0. The Morgan fingerprint density at radius 2 is 2.25 bits per heavy atom. The molecule has 0 bridgehead atoms. The molecule has 0 aromatic carbocycles. The van der Waals surface area contributed by atoms with Gasteiger partial charge in [-0.15, -0.1) is 0 Å². The van der Waals surface area contributed by atoms with Crippen molar-refractivity contribution in [1.82, 2.24) is 14.9 Å². The minimum absolute atomic E-state index is 0.580. The van der Waals surface area contributed by atoms with Crippen LogP contribution >= 0.6 is 0 Å². The van der Waals surface area contributed by atoms with Crippen LogP contribution in [0.15, 0.2) is 18.6 Å². The van der Waals surface area contributed by atoms with Gasteiger partial charge in [-0.05, 0) is 32.2 Å². The number of nitrogens with zero attached hydrogens (tertiary/aromatic N) is 3. The SMILES string of the molecule is c1cnc(NC2CCN3CCCC3C2)cn1. The number of hydrogen-bond donors (Lipinski definition) is 1. The van der Waals surface area contributed by atoms with E-state index in [1.165, 1.54) is 38.8 Å². The molecule has 2 aliphatic heterocycles. The molecule has 0 spiro atoms. The molecule has 2 atom stereocenters. The van der Waals surface area contributed by atoms with Crippen molar-refractivity contribution in [3.8, 4) is 0 Å². The second-order valence-electron chi connectivity index (χ2n) is 4.79. The van der Waals surface area contributed by atoms with E-state index < -0.39 is 0 Å². The summed E-state index contributed by atoms with van der Waals surface area (Å²) in [7, 11) is 0. The maximum absolute atomic E-state index is 4.27. The highest BCUT2D eigenvalue weighted by Crippen LogP contribution is 2.27. The predicted octanol–water partition coefficient (Wildman–Crippen LogP) is 1.52. The molecule has 4 heteroatoms. The summed E-state index contributed by atoms with van der Waals surface area (Å²) in [4.78, 5) is 11.0. The van der Waals surface area contributed by atoms with Gasteiger partial charge in [0.1, 0.15) is 5.82 Å². The Balaban J connectivity index is 1.60. The van der Waals surface area contributed by atoms with Crippen molar-refractivity contribution in [3.05, 3.63) is 18.6 Å². The highest BCUT2D eigenvalue weighted by Gasteiger charge is 2.31. The maximum atomic E-state index is 4.27. The summed E-state index contributed by atoms with van der Waals surface area (Å²) in [6.45, 7) is 2.55. The zero-order valence-corrected chi connectivity index (χ0v) is 9.47. The predicted molar refractivity (Wildman–Crippen MR) is 63.3 cm³/mol. The van der Waals surface area contributed by atoms with Crippen LogP contribution in [0.4, 0.5) is 5.82 Å². The smallest absolute Gasteiger partial charge is 0.144 e. The van der Waals surface area contributed by atoms with Gasteiger partial charge in [-0.3, -0.25) is 4.98 Å². The molecule has 2 unspecified atom stereocenters. The topological polar surface area (TPSA) is 41.1 Å². The highest BCUT2D eigenvalue weighted by atomic mass is 15.2. The number of aromatic nitrogens is 2. The fourth-order valence-corrected chi connectivity index (χ4v) is 2.94. The van der Waals surface area contributed by atoms with E-state index in [0.717, 1.165) is 11.9 Å². The molecule has 3 rings (SSSR count). The Morgan fingerprint density at radius 1 is 1.25 bits per heavy atom. The molecule has 4 nitrogen and oxygen atoms in total. The van der Waals surface area contributed by atoms with Crippen molar-refractivity contribution in [3.63, 3.8) is 0 Å². The fourth-order valence-electron chi connectivity index (χ4n) is 2.94. The van der Waals surface area contributed by atoms with E-state index >= 15 is 0 Å². The minimum atomic E-state index is 0.580. The number of piperidine rings is 1. The molecule has 1 aromatic heterocycles. The van der Waals surface area contributed by atoms with E-state index in [9.17, 15) is 0 Å². The van der Waals surface area contributed by atoms with Crippen molar-refractivity contribution in [2.24, 2.45) is 0 Å². The number of rotatable bonds is 2. The van der Waals surface area contributed by atoms with E-state index in [4.69, 9.17) is 0 Å². The van der Waals surface area contributed by atoms with Gasteiger partial charge >= 0.3 is 0 Å². The van der Waals surface area contributed by atoms with Crippen LogP contribution in [0.3, 0.4) is 0 Å². The molecule has 2 saturated heterocycles. The first kappa shape index (κ1) is 10.0. The van der Waals surface area contributed by atoms with Gasteiger partial charge in [0.05, 0.1) is 6.20 Å². The molecular weight excluding hydrogens is 200 g/mol. The molecule has 0 aliphatic carbocycles. The highest BCUT2D eigenvalue weighted by molar-refractivity contribution is 5.31. The van der Waals surface area contributed by atoms with Crippen LogP contribution < -0.4 is 5.32 Å². The lowest BCUT2D eigenvalue weighted by atomic mass is 9.98. The van der Waals surface area contributed by atoms with E-state index in [1.54, 1.807) is 18.6 Å². The number of fused-ring (bicyclic) bond motifs is 1. The van der Waals surface area contributed by atoms with E-state index in [-0.39, 0.29) is 0 Å². The van der Waals surface area contributed by atoms with Crippen LogP contribution in [-0.2, 0) is 0 Å². The molecule has 1 aromatic rings. The quantitative estimate of drug-likeness (QED) is 0.817. The molecule has 16 heavy (non-hydrogen) atoms. The molecule has 3 heterocycles. The van der Waals surface area contributed by atoms with Crippen LogP contribution in [0.5, 0.6) is 0 Å². The van der Waals surface area contributed by atoms with Gasteiger partial charge in [-0.1, -0.05) is 0 Å². The maximum Gasteiger partial charge on any atom is 0.144 e. The van der Waals surface area contributed by atoms with Gasteiger partial charge in [0.25, 0.3) is 0 Å². The van der Waals surface area contributed by atoms with Gasteiger partial charge in [0.15, 0.2) is 0 Å². The van der Waals surface area contributed by atoms with Crippen molar-refractivity contribution in [1.29, 1.82) is 0 Å². The summed E-state index contributed by atoms with van der Waals surface area (Å²) in [5.41, 5.74) is 0. The number of hydrogen-bond acceptors (Lipinski definition) is 4. The van der Waals surface area contributed by atoms with Gasteiger partial charge in [0, 0.05) is 31.0 Å². The Kier molecular flexibility index (Phi) is 2.74. The van der Waals surface area contributed by atoms with Gasteiger partial charge in [0.2, 0.25) is 0 Å². The zero-order valence-electron chi connectivity index (χ0n) is 9.47. The van der Waals surface area contributed by atoms with Crippen LogP contribution in [0.1, 0.15) is 25.7 Å². The third-order valence-corrected chi connectivity index (χ3v) is 3.74. The fraction of sp³-hybridized carbons (Fsp3) is 0.667. The zero-order chi connectivity index (χ0) is 10.8. The Hall–Kier alpha value is -1.16. The normalized spacial score (nSPS) is 30.0. The third kappa shape index (κ3) is 2.02. The molecule has 2 aliphatic rings. The van der Waals surface area contributed by atoms with Gasteiger partial charge < -0.3 is 10.2 Å². The summed E-state index contributed by atoms with van der Waals surface area (Å²) in [6, 6.07) is 1.39. The van der Waals surface area contributed by atoms with Crippen molar-refractivity contribution >= 4 is 5.82 Å². The molecule has 2 fully saturated rings. The average Bonchev–Trinajstić information content (AvgIpc) is 2.77. The minimum Gasteiger partial charge on any atom is -0.366 e. The Morgan fingerprint density at radius 3 is 3.12 bits per heavy atom. The van der Waals surface area contributed by atoms with Gasteiger partial charge in [-0.25, -0.2) is 4.98 Å². The second-order valence-corrected chi connectivity index (χ2v) is 4.79. The van der Waals surface area contributed by atoms with Crippen molar-refractivity contribution in [2.45, 2.75) is 37.8 Å². The summed E-state index contributed by atoms with van der Waals surface area (Å²) in [6.07, 6.45) is 10.5. The van der Waals surface area contributed by atoms with Crippen LogP contribution in [-0.4, -0.2) is 40.0 Å². The Bertz CT molecular complexity index is 340. The summed E-state index contributed by atoms with van der Waals surface area (Å²) >= 11 is 0. The molecule has 0 radical (unpaired) electrons. The third-order valence-electron chi connectivity index (χ3n) is 3.74. The second kappa shape index (κ2) is 4.37.